The first kappa shape index (κ1) is 36.0. The second-order valence-corrected chi connectivity index (χ2v) is 18.8. The van der Waals surface area contributed by atoms with E-state index in [4.69, 9.17) is 25.8 Å². The van der Waals surface area contributed by atoms with Crippen molar-refractivity contribution in [1.29, 1.82) is 0 Å². The third kappa shape index (κ3) is 7.04. The molecule has 1 N–H and O–H groups in total. The lowest BCUT2D eigenvalue weighted by atomic mass is 9.55. The van der Waals surface area contributed by atoms with E-state index < -0.39 is 15.9 Å². The molecule has 5 aliphatic rings. The number of carbonyl (C=O) groups is 1. The highest BCUT2D eigenvalue weighted by atomic mass is 35.5. The number of nitrogens with zero attached hydrogens (tertiary/aromatic N) is 2. The average molecular weight is 728 g/mol. The fourth-order valence-corrected chi connectivity index (χ4v) is 11.2. The SMILES string of the molecule is C[C@@H]1CC[C@H](C2OCC(N(C)C)CO2)[C@@H]2CCC2(C)CN2C[C@@]3(CCCc4cc(Cl)ccc43)COc3ccc(cc32)C(=O)NS(=O)(=O)C[C@@H]1C. The van der Waals surface area contributed by atoms with E-state index in [1.165, 1.54) is 11.1 Å². The van der Waals surface area contributed by atoms with Crippen molar-refractivity contribution in [2.45, 2.75) is 83.5 Å². The number of likely N-dealkylation sites (N-methyl/N-ethyl adjacent to an activating group) is 1. The van der Waals surface area contributed by atoms with Crippen LogP contribution in [0.2, 0.25) is 5.02 Å². The monoisotopic (exact) mass is 727 g/mol. The Morgan fingerprint density at radius 3 is 2.48 bits per heavy atom. The Bertz CT molecular complexity index is 1700. The first-order chi connectivity index (χ1) is 23.8. The summed E-state index contributed by atoms with van der Waals surface area (Å²) in [5.74, 6) is 0.538. The number of fused-ring (bicyclic) bond motifs is 4. The summed E-state index contributed by atoms with van der Waals surface area (Å²) >= 11 is 6.49. The molecule has 0 aromatic heterocycles. The highest BCUT2D eigenvalue weighted by Gasteiger charge is 2.52. The molecule has 2 aromatic rings. The molecule has 0 radical (unpaired) electrons. The second-order valence-electron chi connectivity index (χ2n) is 16.6. The summed E-state index contributed by atoms with van der Waals surface area (Å²) in [6, 6.07) is 11.9. The number of hydrogen-bond acceptors (Lipinski definition) is 8. The Morgan fingerprint density at radius 1 is 0.980 bits per heavy atom. The maximum absolute atomic E-state index is 13.6. The number of carbonyl (C=O) groups excluding carboxylic acids is 1. The van der Waals surface area contributed by atoms with Crippen molar-refractivity contribution >= 4 is 33.2 Å². The predicted octanol–water partition coefficient (Wildman–Crippen LogP) is 6.27. The van der Waals surface area contributed by atoms with Gasteiger partial charge in [-0.2, -0.15) is 0 Å². The molecule has 2 bridgehead atoms. The Kier molecular flexibility index (Phi) is 10.00. The quantitative estimate of drug-likeness (QED) is 0.387. The Morgan fingerprint density at radius 2 is 1.76 bits per heavy atom. The second kappa shape index (κ2) is 13.9. The summed E-state index contributed by atoms with van der Waals surface area (Å²) in [4.78, 5) is 18.2. The molecule has 1 amide bonds. The lowest BCUT2D eigenvalue weighted by molar-refractivity contribution is -0.247. The first-order valence-electron chi connectivity index (χ1n) is 18.5. The van der Waals surface area contributed by atoms with Crippen LogP contribution in [-0.4, -0.2) is 84.3 Å². The molecule has 2 fully saturated rings. The van der Waals surface area contributed by atoms with E-state index in [9.17, 15) is 13.2 Å². The van der Waals surface area contributed by atoms with E-state index in [0.29, 0.717) is 31.3 Å². The van der Waals surface area contributed by atoms with Crippen molar-refractivity contribution in [3.63, 3.8) is 0 Å². The van der Waals surface area contributed by atoms with Gasteiger partial charge in [0.15, 0.2) is 6.29 Å². The molecular weight excluding hydrogens is 674 g/mol. The summed E-state index contributed by atoms with van der Waals surface area (Å²) in [7, 11) is 0.258. The van der Waals surface area contributed by atoms with Crippen molar-refractivity contribution in [2.24, 2.45) is 29.1 Å². The molecular formula is C39H54ClN3O6S. The fourth-order valence-electron chi connectivity index (χ4n) is 9.47. The van der Waals surface area contributed by atoms with Gasteiger partial charge in [-0.05, 0) is 124 Å². The minimum Gasteiger partial charge on any atom is -0.490 e. The van der Waals surface area contributed by atoms with Crippen LogP contribution in [0.15, 0.2) is 36.4 Å². The number of anilines is 1. The molecule has 11 heteroatoms. The third-order valence-corrected chi connectivity index (χ3v) is 14.6. The number of aryl methyl sites for hydroxylation is 1. The molecule has 1 saturated carbocycles. The number of halogens is 1. The van der Waals surface area contributed by atoms with Crippen molar-refractivity contribution < 1.29 is 27.4 Å². The molecule has 2 aliphatic carbocycles. The van der Waals surface area contributed by atoms with Crippen molar-refractivity contribution in [3.8, 4) is 5.75 Å². The van der Waals surface area contributed by atoms with Gasteiger partial charge >= 0.3 is 0 Å². The van der Waals surface area contributed by atoms with Crippen LogP contribution in [0, 0.1) is 29.1 Å². The summed E-state index contributed by atoms with van der Waals surface area (Å²) in [6.45, 7) is 9.80. The van der Waals surface area contributed by atoms with E-state index in [1.54, 1.807) is 6.07 Å². The van der Waals surface area contributed by atoms with Gasteiger partial charge in [-0.15, -0.1) is 0 Å². The van der Waals surface area contributed by atoms with Gasteiger partial charge in [0.05, 0.1) is 37.3 Å². The minimum atomic E-state index is -3.87. The zero-order valence-electron chi connectivity index (χ0n) is 30.3. The maximum Gasteiger partial charge on any atom is 0.264 e. The van der Waals surface area contributed by atoms with Crippen molar-refractivity contribution in [3.05, 3.63) is 58.1 Å². The van der Waals surface area contributed by atoms with Crippen LogP contribution in [0.25, 0.3) is 0 Å². The smallest absolute Gasteiger partial charge is 0.264 e. The van der Waals surface area contributed by atoms with Gasteiger partial charge in [-0.3, -0.25) is 4.79 Å². The highest BCUT2D eigenvalue weighted by Crippen LogP contribution is 2.55. The van der Waals surface area contributed by atoms with Gasteiger partial charge in [0.2, 0.25) is 10.0 Å². The Balaban J connectivity index is 1.29. The average Bonchev–Trinajstić information content (AvgIpc) is 3.21. The molecule has 9 nitrogen and oxygen atoms in total. The molecule has 1 spiro atoms. The number of amides is 1. The van der Waals surface area contributed by atoms with Crippen LogP contribution < -0.4 is 14.4 Å². The number of hydrogen-bond donors (Lipinski definition) is 1. The van der Waals surface area contributed by atoms with Crippen LogP contribution >= 0.6 is 11.6 Å². The van der Waals surface area contributed by atoms with Gasteiger partial charge in [0, 0.05) is 35.0 Å². The van der Waals surface area contributed by atoms with Gasteiger partial charge in [-0.25, -0.2) is 13.1 Å². The van der Waals surface area contributed by atoms with Gasteiger partial charge < -0.3 is 24.0 Å². The largest absolute Gasteiger partial charge is 0.490 e. The number of sulfonamides is 1. The number of rotatable bonds is 2. The highest BCUT2D eigenvalue weighted by molar-refractivity contribution is 7.90. The molecule has 3 heterocycles. The molecule has 50 heavy (non-hydrogen) atoms. The molecule has 2 aromatic carbocycles. The standard InChI is InChI=1S/C39H54ClN3O6S/c1-25-8-11-31(37-47-19-30(20-48-37)42(4)5)33-14-16-38(33,3)22-43-23-39(15-6-7-27-17-29(40)10-12-32(27)39)24-49-35-13-9-28(18-34(35)43)36(44)41-50(45,46)21-26(25)2/h9-10,12-13,17-18,25-26,30-31,33,37H,6-8,11,14-16,19-24H2,1-5H3,(H,41,44)/t25-,26+,30?,31+,33+,37?,38?,39+/m1/s1. The summed E-state index contributed by atoms with van der Waals surface area (Å²) in [5, 5.41) is 0.748. The van der Waals surface area contributed by atoms with Gasteiger partial charge in [-0.1, -0.05) is 38.4 Å². The normalized spacial score (nSPS) is 36.0. The van der Waals surface area contributed by atoms with Crippen LogP contribution in [0.3, 0.4) is 0 Å². The van der Waals surface area contributed by atoms with Crippen LogP contribution in [-0.2, 0) is 31.3 Å². The Hall–Kier alpha value is -2.37. The van der Waals surface area contributed by atoms with Crippen LogP contribution in [0.1, 0.15) is 80.8 Å². The lowest BCUT2D eigenvalue weighted by Crippen LogP contribution is -2.56. The van der Waals surface area contributed by atoms with E-state index in [-0.39, 0.29) is 46.7 Å². The number of ether oxygens (including phenoxy) is 3. The van der Waals surface area contributed by atoms with Gasteiger partial charge in [0.1, 0.15) is 5.75 Å². The third-order valence-electron chi connectivity index (χ3n) is 12.9. The first-order valence-corrected chi connectivity index (χ1v) is 20.5. The molecule has 3 aliphatic heterocycles. The van der Waals surface area contributed by atoms with Crippen molar-refractivity contribution in [1.82, 2.24) is 9.62 Å². The number of nitrogens with one attached hydrogen (secondary N) is 1. The summed E-state index contributed by atoms with van der Waals surface area (Å²) < 4.78 is 48.8. The summed E-state index contributed by atoms with van der Waals surface area (Å²) in [6.07, 6.45) is 6.61. The van der Waals surface area contributed by atoms with Crippen molar-refractivity contribution in [2.75, 3.05) is 57.7 Å². The Labute approximate surface area is 303 Å². The molecule has 274 valence electrons. The molecule has 1 unspecified atom stereocenters. The lowest BCUT2D eigenvalue weighted by Gasteiger charge is -2.55. The maximum atomic E-state index is 13.6. The topological polar surface area (TPSA) is 97.4 Å². The zero-order valence-corrected chi connectivity index (χ0v) is 31.8. The van der Waals surface area contributed by atoms with E-state index in [0.717, 1.165) is 74.5 Å². The van der Waals surface area contributed by atoms with Crippen LogP contribution in [0.5, 0.6) is 5.75 Å². The predicted molar refractivity (Wildman–Crippen MR) is 197 cm³/mol. The van der Waals surface area contributed by atoms with E-state index >= 15 is 0 Å². The molecule has 1 saturated heterocycles. The fraction of sp³-hybridized carbons (Fsp3) is 0.667. The van der Waals surface area contributed by atoms with Crippen LogP contribution in [0.4, 0.5) is 5.69 Å². The zero-order chi connectivity index (χ0) is 35.4. The minimum absolute atomic E-state index is 0.0381. The molecule has 7 rings (SSSR count). The van der Waals surface area contributed by atoms with E-state index in [1.807, 2.05) is 25.1 Å². The van der Waals surface area contributed by atoms with Gasteiger partial charge in [0.25, 0.3) is 5.91 Å². The summed E-state index contributed by atoms with van der Waals surface area (Å²) in [5.41, 5.74) is 3.41. The van der Waals surface area contributed by atoms with E-state index in [2.05, 4.69) is 54.6 Å². The number of benzene rings is 2. The molecule has 6 atom stereocenters.